The van der Waals surface area contributed by atoms with Crippen LogP contribution in [0.3, 0.4) is 0 Å². The standard InChI is InChI=1S/C16H21N3S/c17-19-13(16(10-5-6-10)11-7-8-11)9-15-18-12-3-1-2-4-14(12)20-15/h1-4,10-11,13,16,19H,5-9,17H2. The number of nitrogens with zero attached hydrogens (tertiary/aromatic N) is 1. The van der Waals surface area contributed by atoms with Crippen LogP contribution >= 0.6 is 11.3 Å². The molecule has 1 unspecified atom stereocenters. The van der Waals surface area contributed by atoms with Gasteiger partial charge >= 0.3 is 0 Å². The van der Waals surface area contributed by atoms with Gasteiger partial charge in [-0.05, 0) is 55.6 Å². The Labute approximate surface area is 123 Å². The molecule has 20 heavy (non-hydrogen) atoms. The molecule has 4 heteroatoms. The first-order valence-electron chi connectivity index (χ1n) is 7.65. The van der Waals surface area contributed by atoms with E-state index in [4.69, 9.17) is 10.8 Å². The van der Waals surface area contributed by atoms with Gasteiger partial charge in [0.05, 0.1) is 15.2 Å². The zero-order valence-electron chi connectivity index (χ0n) is 11.6. The molecule has 2 aliphatic rings. The lowest BCUT2D eigenvalue weighted by atomic mass is 9.88. The fourth-order valence-electron chi connectivity index (χ4n) is 3.51. The van der Waals surface area contributed by atoms with E-state index in [2.05, 4.69) is 29.7 Å². The molecule has 0 saturated heterocycles. The van der Waals surface area contributed by atoms with Gasteiger partial charge in [0.25, 0.3) is 0 Å². The molecule has 0 radical (unpaired) electrons. The Kier molecular flexibility index (Phi) is 3.25. The largest absolute Gasteiger partial charge is 0.271 e. The number of benzene rings is 1. The molecule has 3 nitrogen and oxygen atoms in total. The van der Waals surface area contributed by atoms with Gasteiger partial charge in [-0.25, -0.2) is 4.98 Å². The fraction of sp³-hybridized carbons (Fsp3) is 0.562. The predicted octanol–water partition coefficient (Wildman–Crippen LogP) is 3.11. The minimum atomic E-state index is 0.399. The van der Waals surface area contributed by atoms with Crippen LogP contribution in [0.1, 0.15) is 30.7 Å². The van der Waals surface area contributed by atoms with Gasteiger partial charge < -0.3 is 0 Å². The van der Waals surface area contributed by atoms with E-state index in [1.54, 1.807) is 0 Å². The summed E-state index contributed by atoms with van der Waals surface area (Å²) >= 11 is 1.82. The van der Waals surface area contributed by atoms with Gasteiger partial charge in [0, 0.05) is 12.5 Å². The predicted molar refractivity (Wildman–Crippen MR) is 83.4 cm³/mol. The lowest BCUT2D eigenvalue weighted by Gasteiger charge is -2.26. The van der Waals surface area contributed by atoms with Crippen molar-refractivity contribution in [2.24, 2.45) is 23.6 Å². The quantitative estimate of drug-likeness (QED) is 0.634. The molecule has 2 saturated carbocycles. The van der Waals surface area contributed by atoms with Crippen molar-refractivity contribution in [3.05, 3.63) is 29.3 Å². The highest BCUT2D eigenvalue weighted by atomic mass is 32.1. The highest BCUT2D eigenvalue weighted by Gasteiger charge is 2.45. The summed E-state index contributed by atoms with van der Waals surface area (Å²) in [5.41, 5.74) is 4.23. The average Bonchev–Trinajstić information content (AvgIpc) is 3.37. The van der Waals surface area contributed by atoms with Crippen molar-refractivity contribution in [2.45, 2.75) is 38.1 Å². The molecule has 4 rings (SSSR count). The van der Waals surface area contributed by atoms with Gasteiger partial charge in [0.2, 0.25) is 0 Å². The second-order valence-corrected chi connectivity index (χ2v) is 7.42. The smallest absolute Gasteiger partial charge is 0.0954 e. The zero-order chi connectivity index (χ0) is 13.5. The van der Waals surface area contributed by atoms with E-state index in [1.165, 1.54) is 35.4 Å². The Bertz CT molecular complexity index is 556. The molecule has 2 aliphatic carbocycles. The average molecular weight is 287 g/mol. The normalized spacial score (nSPS) is 20.7. The molecule has 0 aliphatic heterocycles. The van der Waals surface area contributed by atoms with E-state index in [0.29, 0.717) is 6.04 Å². The molecule has 0 amide bonds. The minimum absolute atomic E-state index is 0.399. The summed E-state index contributed by atoms with van der Waals surface area (Å²) in [4.78, 5) is 4.77. The highest BCUT2D eigenvalue weighted by Crippen LogP contribution is 2.51. The summed E-state index contributed by atoms with van der Waals surface area (Å²) < 4.78 is 1.28. The van der Waals surface area contributed by atoms with E-state index >= 15 is 0 Å². The molecular weight excluding hydrogens is 266 g/mol. The van der Waals surface area contributed by atoms with Crippen LogP contribution in [0.5, 0.6) is 0 Å². The lowest BCUT2D eigenvalue weighted by Crippen LogP contribution is -2.44. The van der Waals surface area contributed by atoms with Crippen LogP contribution in [0.4, 0.5) is 0 Å². The van der Waals surface area contributed by atoms with E-state index in [1.807, 2.05) is 11.3 Å². The number of fused-ring (bicyclic) bond motifs is 1. The monoisotopic (exact) mass is 287 g/mol. The maximum atomic E-state index is 5.87. The Hall–Kier alpha value is -0.970. The van der Waals surface area contributed by atoms with Crippen molar-refractivity contribution < 1.29 is 0 Å². The summed E-state index contributed by atoms with van der Waals surface area (Å²) in [7, 11) is 0. The van der Waals surface area contributed by atoms with Crippen LogP contribution in [0.25, 0.3) is 10.2 Å². The maximum Gasteiger partial charge on any atom is 0.0954 e. The van der Waals surface area contributed by atoms with E-state index < -0.39 is 0 Å². The number of hydrogen-bond donors (Lipinski definition) is 2. The third-order valence-corrected chi connectivity index (χ3v) is 5.80. The molecule has 1 atom stereocenters. The lowest BCUT2D eigenvalue weighted by molar-refractivity contribution is 0.283. The first-order chi connectivity index (χ1) is 9.85. The Morgan fingerprint density at radius 3 is 2.50 bits per heavy atom. The van der Waals surface area contributed by atoms with Gasteiger partial charge in [0.15, 0.2) is 0 Å². The topological polar surface area (TPSA) is 50.9 Å². The molecule has 1 heterocycles. The second-order valence-electron chi connectivity index (χ2n) is 6.30. The summed E-state index contributed by atoms with van der Waals surface area (Å²) in [6, 6.07) is 8.79. The first kappa shape index (κ1) is 12.7. The van der Waals surface area contributed by atoms with Gasteiger partial charge in [-0.2, -0.15) is 0 Å². The van der Waals surface area contributed by atoms with E-state index in [-0.39, 0.29) is 0 Å². The van der Waals surface area contributed by atoms with Crippen LogP contribution in [0.15, 0.2) is 24.3 Å². The molecule has 1 aromatic heterocycles. The summed E-state index contributed by atoms with van der Waals surface area (Å²) in [5.74, 6) is 8.47. The first-order valence-corrected chi connectivity index (χ1v) is 8.47. The number of rotatable bonds is 6. The Morgan fingerprint density at radius 2 is 1.90 bits per heavy atom. The third-order valence-electron chi connectivity index (χ3n) is 4.74. The second kappa shape index (κ2) is 5.10. The molecule has 0 bridgehead atoms. The number of para-hydroxylation sites is 1. The third kappa shape index (κ3) is 2.48. The van der Waals surface area contributed by atoms with Gasteiger partial charge in [-0.1, -0.05) is 12.1 Å². The van der Waals surface area contributed by atoms with Crippen LogP contribution in [-0.4, -0.2) is 11.0 Å². The molecular formula is C16H21N3S. The minimum Gasteiger partial charge on any atom is -0.271 e. The van der Waals surface area contributed by atoms with Crippen molar-refractivity contribution in [3.8, 4) is 0 Å². The van der Waals surface area contributed by atoms with Crippen molar-refractivity contribution in [2.75, 3.05) is 0 Å². The molecule has 3 N–H and O–H groups in total. The molecule has 2 fully saturated rings. The molecule has 106 valence electrons. The summed E-state index contributed by atoms with van der Waals surface area (Å²) in [6.45, 7) is 0. The summed E-state index contributed by atoms with van der Waals surface area (Å²) in [5, 5.41) is 1.22. The number of thiazole rings is 1. The van der Waals surface area contributed by atoms with Crippen molar-refractivity contribution in [1.29, 1.82) is 0 Å². The fourth-order valence-corrected chi connectivity index (χ4v) is 4.53. The van der Waals surface area contributed by atoms with E-state index in [9.17, 15) is 0 Å². The summed E-state index contributed by atoms with van der Waals surface area (Å²) in [6.07, 6.45) is 6.59. The van der Waals surface area contributed by atoms with Crippen molar-refractivity contribution in [3.63, 3.8) is 0 Å². The van der Waals surface area contributed by atoms with Crippen molar-refractivity contribution in [1.82, 2.24) is 10.4 Å². The van der Waals surface area contributed by atoms with Gasteiger partial charge in [-0.15, -0.1) is 11.3 Å². The van der Waals surface area contributed by atoms with Crippen molar-refractivity contribution >= 4 is 21.6 Å². The van der Waals surface area contributed by atoms with Gasteiger partial charge in [0.1, 0.15) is 0 Å². The molecule has 2 aromatic rings. The van der Waals surface area contributed by atoms with E-state index in [0.717, 1.165) is 29.7 Å². The number of aromatic nitrogens is 1. The number of hydrazine groups is 1. The molecule has 1 aromatic carbocycles. The Balaban J connectivity index is 1.55. The van der Waals surface area contributed by atoms with Crippen LogP contribution in [0, 0.1) is 17.8 Å². The SMILES string of the molecule is NNC(Cc1nc2ccccc2s1)C(C1CC1)C1CC1. The van der Waals surface area contributed by atoms with Crippen LogP contribution in [0.2, 0.25) is 0 Å². The molecule has 0 spiro atoms. The highest BCUT2D eigenvalue weighted by molar-refractivity contribution is 7.18. The number of nitrogens with one attached hydrogen (secondary N) is 1. The van der Waals surface area contributed by atoms with Crippen LogP contribution < -0.4 is 11.3 Å². The Morgan fingerprint density at radius 1 is 1.20 bits per heavy atom. The maximum absolute atomic E-state index is 5.87. The zero-order valence-corrected chi connectivity index (χ0v) is 12.4. The number of hydrogen-bond acceptors (Lipinski definition) is 4. The van der Waals surface area contributed by atoms with Crippen LogP contribution in [-0.2, 0) is 6.42 Å². The van der Waals surface area contributed by atoms with Gasteiger partial charge in [-0.3, -0.25) is 11.3 Å². The number of nitrogens with two attached hydrogens (primary N) is 1.